The molecule has 0 bridgehead atoms. The smallest absolute Gasteiger partial charge is 0.337 e. The minimum absolute atomic E-state index is 0.0240. The lowest BCUT2D eigenvalue weighted by atomic mass is 9.82. The van der Waals surface area contributed by atoms with Gasteiger partial charge in [-0.05, 0) is 60.6 Å². The molecule has 0 aliphatic heterocycles. The second-order valence-electron chi connectivity index (χ2n) is 8.34. The summed E-state index contributed by atoms with van der Waals surface area (Å²) >= 11 is 0. The van der Waals surface area contributed by atoms with E-state index in [9.17, 15) is 9.59 Å². The van der Waals surface area contributed by atoms with Crippen molar-refractivity contribution in [1.29, 1.82) is 0 Å². The van der Waals surface area contributed by atoms with Crippen LogP contribution in [0.1, 0.15) is 53.6 Å². The van der Waals surface area contributed by atoms with E-state index in [2.05, 4.69) is 5.32 Å². The van der Waals surface area contributed by atoms with Crippen LogP contribution in [0.25, 0.3) is 0 Å². The fourth-order valence-electron chi connectivity index (χ4n) is 4.46. The number of benzene rings is 2. The Kier molecular flexibility index (Phi) is 8.54. The maximum Gasteiger partial charge on any atom is 0.337 e. The first kappa shape index (κ1) is 23.6. The maximum atomic E-state index is 13.2. The molecule has 2 aromatic rings. The van der Waals surface area contributed by atoms with Gasteiger partial charge < -0.3 is 19.5 Å². The van der Waals surface area contributed by atoms with Crippen molar-refractivity contribution in [1.82, 2.24) is 5.32 Å². The Labute approximate surface area is 190 Å². The summed E-state index contributed by atoms with van der Waals surface area (Å²) in [5.41, 5.74) is 2.58. The standard InChI is InChI=1S/C26H33NO5/c1-30-22-14-19(15-23(16-22)31-2)13-21-7-5-4-6-8-24(21)25(28)27-17-18-9-11-20(12-10-18)26(29)32-3/h9-12,14-16,21,24H,4-8,13,17H2,1-3H3,(H,27,28). The van der Waals surface area contributed by atoms with E-state index in [1.165, 1.54) is 7.11 Å². The highest BCUT2D eigenvalue weighted by Crippen LogP contribution is 2.33. The molecule has 0 radical (unpaired) electrons. The van der Waals surface area contributed by atoms with Gasteiger partial charge in [-0.15, -0.1) is 0 Å². The predicted molar refractivity (Wildman–Crippen MR) is 123 cm³/mol. The van der Waals surface area contributed by atoms with Crippen molar-refractivity contribution in [2.45, 2.75) is 45.1 Å². The summed E-state index contributed by atoms with van der Waals surface area (Å²) < 4.78 is 15.6. The highest BCUT2D eigenvalue weighted by molar-refractivity contribution is 5.89. The summed E-state index contributed by atoms with van der Waals surface area (Å²) in [5.74, 6) is 1.52. The van der Waals surface area contributed by atoms with Crippen LogP contribution in [-0.2, 0) is 22.5 Å². The van der Waals surface area contributed by atoms with Crippen LogP contribution in [0.15, 0.2) is 42.5 Å². The second kappa shape index (κ2) is 11.6. The minimum atomic E-state index is -0.365. The van der Waals surface area contributed by atoms with Crippen molar-refractivity contribution in [3.05, 3.63) is 59.2 Å². The number of ether oxygens (including phenoxy) is 3. The Balaban J connectivity index is 1.67. The van der Waals surface area contributed by atoms with Crippen LogP contribution < -0.4 is 14.8 Å². The third kappa shape index (κ3) is 6.25. The maximum absolute atomic E-state index is 13.2. The van der Waals surface area contributed by atoms with Crippen molar-refractivity contribution < 1.29 is 23.8 Å². The Morgan fingerprint density at radius 2 is 1.53 bits per heavy atom. The number of carbonyl (C=O) groups is 2. The van der Waals surface area contributed by atoms with E-state index < -0.39 is 0 Å². The van der Waals surface area contributed by atoms with Crippen LogP contribution in [0, 0.1) is 11.8 Å². The van der Waals surface area contributed by atoms with E-state index in [1.54, 1.807) is 26.4 Å². The first-order valence-corrected chi connectivity index (χ1v) is 11.2. The van der Waals surface area contributed by atoms with Crippen LogP contribution in [-0.4, -0.2) is 33.2 Å². The highest BCUT2D eigenvalue weighted by Gasteiger charge is 2.30. The van der Waals surface area contributed by atoms with Crippen LogP contribution in [0.2, 0.25) is 0 Å². The van der Waals surface area contributed by atoms with Crippen molar-refractivity contribution in [3.8, 4) is 11.5 Å². The molecule has 2 unspecified atom stereocenters. The number of carbonyl (C=O) groups excluding carboxylic acids is 2. The average molecular weight is 440 g/mol. The molecule has 1 aliphatic rings. The molecule has 1 fully saturated rings. The van der Waals surface area contributed by atoms with Crippen molar-refractivity contribution in [2.75, 3.05) is 21.3 Å². The number of amides is 1. The summed E-state index contributed by atoms with van der Waals surface area (Å²) in [7, 11) is 4.66. The predicted octanol–water partition coefficient (Wildman–Crippen LogP) is 4.55. The topological polar surface area (TPSA) is 73.9 Å². The van der Waals surface area contributed by atoms with Crippen molar-refractivity contribution in [3.63, 3.8) is 0 Å². The normalized spacial score (nSPS) is 18.3. The fourth-order valence-corrected chi connectivity index (χ4v) is 4.46. The Hall–Kier alpha value is -3.02. The molecule has 0 saturated heterocycles. The molecular formula is C26H33NO5. The van der Waals surface area contributed by atoms with Crippen LogP contribution >= 0.6 is 0 Å². The SMILES string of the molecule is COC(=O)c1ccc(CNC(=O)C2CCCCCC2Cc2cc(OC)cc(OC)c2)cc1. The Morgan fingerprint density at radius 3 is 2.16 bits per heavy atom. The zero-order chi connectivity index (χ0) is 22.9. The van der Waals surface area contributed by atoms with E-state index in [-0.39, 0.29) is 23.7 Å². The summed E-state index contributed by atoms with van der Waals surface area (Å²) in [4.78, 5) is 24.7. The number of methoxy groups -OCH3 is 3. The molecular weight excluding hydrogens is 406 g/mol. The molecule has 1 aliphatic carbocycles. The van der Waals surface area contributed by atoms with E-state index in [0.29, 0.717) is 12.1 Å². The quantitative estimate of drug-likeness (QED) is 0.483. The largest absolute Gasteiger partial charge is 0.497 e. The van der Waals surface area contributed by atoms with Gasteiger partial charge in [0.15, 0.2) is 0 Å². The third-order valence-electron chi connectivity index (χ3n) is 6.25. The molecule has 6 heteroatoms. The highest BCUT2D eigenvalue weighted by atomic mass is 16.5. The molecule has 6 nitrogen and oxygen atoms in total. The first-order valence-electron chi connectivity index (χ1n) is 11.2. The molecule has 2 aromatic carbocycles. The van der Waals surface area contributed by atoms with Gasteiger partial charge in [0.05, 0.1) is 26.9 Å². The number of esters is 1. The zero-order valence-corrected chi connectivity index (χ0v) is 19.2. The first-order chi connectivity index (χ1) is 15.5. The molecule has 1 saturated carbocycles. The number of rotatable bonds is 8. The van der Waals surface area contributed by atoms with Gasteiger partial charge in [-0.1, -0.05) is 31.4 Å². The summed E-state index contributed by atoms with van der Waals surface area (Å²) in [6.45, 7) is 0.441. The van der Waals surface area contributed by atoms with E-state index in [4.69, 9.17) is 14.2 Å². The second-order valence-corrected chi connectivity index (χ2v) is 8.34. The lowest BCUT2D eigenvalue weighted by molar-refractivity contribution is -0.127. The number of hydrogen-bond donors (Lipinski definition) is 1. The van der Waals surface area contributed by atoms with E-state index in [1.807, 2.05) is 30.3 Å². The lowest BCUT2D eigenvalue weighted by Gasteiger charge is -2.25. The van der Waals surface area contributed by atoms with Crippen molar-refractivity contribution >= 4 is 11.9 Å². The molecule has 3 rings (SSSR count). The van der Waals surface area contributed by atoms with Gasteiger partial charge in [0, 0.05) is 18.5 Å². The van der Waals surface area contributed by atoms with Crippen LogP contribution in [0.4, 0.5) is 0 Å². The minimum Gasteiger partial charge on any atom is -0.497 e. The van der Waals surface area contributed by atoms with E-state index >= 15 is 0 Å². The number of nitrogens with one attached hydrogen (secondary N) is 1. The monoisotopic (exact) mass is 439 g/mol. The van der Waals surface area contributed by atoms with Gasteiger partial charge in [-0.2, -0.15) is 0 Å². The third-order valence-corrected chi connectivity index (χ3v) is 6.25. The molecule has 1 N–H and O–H groups in total. The van der Waals surface area contributed by atoms with Gasteiger partial charge in [0.2, 0.25) is 5.91 Å². The van der Waals surface area contributed by atoms with Crippen LogP contribution in [0.5, 0.6) is 11.5 Å². The molecule has 0 heterocycles. The summed E-state index contributed by atoms with van der Waals surface area (Å²) in [6, 6.07) is 13.1. The average Bonchev–Trinajstić information content (AvgIpc) is 3.07. The van der Waals surface area contributed by atoms with E-state index in [0.717, 1.165) is 61.2 Å². The van der Waals surface area contributed by atoms with Gasteiger partial charge >= 0.3 is 5.97 Å². The van der Waals surface area contributed by atoms with Gasteiger partial charge in [-0.25, -0.2) is 4.79 Å². The van der Waals surface area contributed by atoms with Gasteiger partial charge in [-0.3, -0.25) is 4.79 Å². The zero-order valence-electron chi connectivity index (χ0n) is 19.2. The van der Waals surface area contributed by atoms with Crippen molar-refractivity contribution in [2.24, 2.45) is 11.8 Å². The molecule has 0 aromatic heterocycles. The Bertz CT molecular complexity index is 887. The van der Waals surface area contributed by atoms with Gasteiger partial charge in [0.1, 0.15) is 11.5 Å². The summed E-state index contributed by atoms with van der Waals surface area (Å²) in [6.07, 6.45) is 6.13. The molecule has 0 spiro atoms. The molecule has 2 atom stereocenters. The van der Waals surface area contributed by atoms with Crippen LogP contribution in [0.3, 0.4) is 0 Å². The summed E-state index contributed by atoms with van der Waals surface area (Å²) in [5, 5.41) is 3.12. The molecule has 172 valence electrons. The fraction of sp³-hybridized carbons (Fsp3) is 0.462. The number of hydrogen-bond acceptors (Lipinski definition) is 5. The molecule has 32 heavy (non-hydrogen) atoms. The Morgan fingerprint density at radius 1 is 0.875 bits per heavy atom. The lowest BCUT2D eigenvalue weighted by Crippen LogP contribution is -2.35. The molecule has 1 amide bonds. The van der Waals surface area contributed by atoms with Gasteiger partial charge in [0.25, 0.3) is 0 Å².